The lowest BCUT2D eigenvalue weighted by Gasteiger charge is -2.06. The van der Waals surface area contributed by atoms with E-state index in [1.807, 2.05) is 31.2 Å². The lowest BCUT2D eigenvalue weighted by Crippen LogP contribution is -2.22. The zero-order chi connectivity index (χ0) is 14.5. The zero-order valence-corrected chi connectivity index (χ0v) is 13.9. The molecular formula is C15H17BrN2OS. The van der Waals surface area contributed by atoms with E-state index in [1.54, 1.807) is 11.3 Å². The van der Waals surface area contributed by atoms with Gasteiger partial charge in [0.15, 0.2) is 0 Å². The Balaban J connectivity index is 1.95. The topological polar surface area (TPSA) is 41.1 Å². The third kappa shape index (κ3) is 3.84. The molecule has 2 aromatic rings. The monoisotopic (exact) mass is 352 g/mol. The van der Waals surface area contributed by atoms with Crippen molar-refractivity contribution in [1.29, 1.82) is 0 Å². The Morgan fingerprint density at radius 3 is 2.55 bits per heavy atom. The Morgan fingerprint density at radius 2 is 2.00 bits per heavy atom. The molecule has 0 aliphatic carbocycles. The number of anilines is 1. The molecule has 2 rings (SSSR count). The summed E-state index contributed by atoms with van der Waals surface area (Å²) in [6.45, 7) is 5.44. The van der Waals surface area contributed by atoms with Crippen LogP contribution in [0.1, 0.15) is 27.0 Å². The molecule has 0 bridgehead atoms. The summed E-state index contributed by atoms with van der Waals surface area (Å²) >= 11 is 5.30. The van der Waals surface area contributed by atoms with Crippen molar-refractivity contribution in [3.63, 3.8) is 0 Å². The first-order chi connectivity index (χ1) is 9.60. The number of carbonyl (C=O) groups is 1. The summed E-state index contributed by atoms with van der Waals surface area (Å²) in [5.74, 6) is -0.0307. The highest BCUT2D eigenvalue weighted by Gasteiger charge is 2.05. The Labute approximate surface area is 131 Å². The Hall–Kier alpha value is -1.33. The van der Waals surface area contributed by atoms with Gasteiger partial charge in [0.05, 0.1) is 0 Å². The molecule has 0 aliphatic rings. The molecule has 3 nitrogen and oxygen atoms in total. The fourth-order valence-electron chi connectivity index (χ4n) is 1.80. The number of carbonyl (C=O) groups excluding carboxylic acids is 1. The summed E-state index contributed by atoms with van der Waals surface area (Å²) < 4.78 is 1.16. The third-order valence-corrected chi connectivity index (χ3v) is 5.00. The first kappa shape index (κ1) is 15.1. The Kier molecular flexibility index (Phi) is 5.20. The number of benzene rings is 1. The highest BCUT2D eigenvalue weighted by atomic mass is 79.9. The number of halogens is 1. The van der Waals surface area contributed by atoms with Gasteiger partial charge in [-0.3, -0.25) is 4.79 Å². The zero-order valence-electron chi connectivity index (χ0n) is 11.5. The maximum absolute atomic E-state index is 11.6. The van der Waals surface area contributed by atoms with Gasteiger partial charge in [-0.1, -0.05) is 0 Å². The van der Waals surface area contributed by atoms with Gasteiger partial charge in [-0.25, -0.2) is 0 Å². The number of thiophene rings is 1. The van der Waals surface area contributed by atoms with Crippen LogP contribution in [-0.2, 0) is 6.54 Å². The van der Waals surface area contributed by atoms with Crippen molar-refractivity contribution in [2.75, 3.05) is 11.9 Å². The minimum Gasteiger partial charge on any atom is -0.380 e. The van der Waals surface area contributed by atoms with E-state index in [-0.39, 0.29) is 5.91 Å². The maximum atomic E-state index is 11.6. The van der Waals surface area contributed by atoms with Gasteiger partial charge < -0.3 is 10.6 Å². The highest BCUT2D eigenvalue weighted by Crippen LogP contribution is 2.26. The van der Waals surface area contributed by atoms with Gasteiger partial charge in [0.2, 0.25) is 0 Å². The van der Waals surface area contributed by atoms with E-state index in [0.29, 0.717) is 12.1 Å². The van der Waals surface area contributed by atoms with E-state index in [4.69, 9.17) is 0 Å². The molecule has 2 N–H and O–H groups in total. The number of hydrogen-bond acceptors (Lipinski definition) is 3. The molecule has 0 radical (unpaired) electrons. The number of hydrogen-bond donors (Lipinski definition) is 2. The number of rotatable bonds is 5. The lowest BCUT2D eigenvalue weighted by molar-refractivity contribution is 0.0956. The van der Waals surface area contributed by atoms with E-state index in [2.05, 4.69) is 39.6 Å². The molecule has 20 heavy (non-hydrogen) atoms. The number of amides is 1. The molecule has 0 saturated heterocycles. The summed E-state index contributed by atoms with van der Waals surface area (Å²) in [4.78, 5) is 14.2. The van der Waals surface area contributed by atoms with Crippen LogP contribution < -0.4 is 10.6 Å². The van der Waals surface area contributed by atoms with Crippen LogP contribution in [0.25, 0.3) is 0 Å². The summed E-state index contributed by atoms with van der Waals surface area (Å²) in [5.41, 5.74) is 1.70. The van der Waals surface area contributed by atoms with Crippen molar-refractivity contribution in [2.45, 2.75) is 20.4 Å². The van der Waals surface area contributed by atoms with E-state index < -0.39 is 0 Å². The van der Waals surface area contributed by atoms with Crippen LogP contribution in [-0.4, -0.2) is 12.5 Å². The average molecular weight is 353 g/mol. The van der Waals surface area contributed by atoms with E-state index >= 15 is 0 Å². The second kappa shape index (κ2) is 6.90. The van der Waals surface area contributed by atoms with E-state index in [1.165, 1.54) is 9.75 Å². The summed E-state index contributed by atoms with van der Waals surface area (Å²) in [7, 11) is 0. The van der Waals surface area contributed by atoms with Crippen LogP contribution in [0, 0.1) is 6.92 Å². The predicted octanol–water partition coefficient (Wildman–Crippen LogP) is 4.18. The van der Waals surface area contributed by atoms with Crippen LogP contribution in [0.3, 0.4) is 0 Å². The van der Waals surface area contributed by atoms with Gasteiger partial charge in [0.25, 0.3) is 5.91 Å². The smallest absolute Gasteiger partial charge is 0.251 e. The summed E-state index contributed by atoms with van der Waals surface area (Å²) in [6, 6.07) is 9.67. The molecule has 0 unspecified atom stereocenters. The molecule has 0 spiro atoms. The number of nitrogens with one attached hydrogen (secondary N) is 2. The minimum absolute atomic E-state index is 0.0307. The standard InChI is InChI=1S/C15H17BrN2OS/c1-3-17-15(19)11-4-6-12(7-5-11)18-9-13-8-14(16)10(2)20-13/h4-8,18H,3,9H2,1-2H3,(H,17,19). The van der Waals surface area contributed by atoms with Crippen molar-refractivity contribution in [1.82, 2.24) is 5.32 Å². The Bertz CT molecular complexity index is 573. The third-order valence-electron chi connectivity index (χ3n) is 2.86. The molecule has 1 aromatic heterocycles. The van der Waals surface area contributed by atoms with Crippen LogP contribution in [0.4, 0.5) is 5.69 Å². The van der Waals surface area contributed by atoms with Crippen molar-refractivity contribution < 1.29 is 4.79 Å². The molecule has 1 aromatic carbocycles. The molecular weight excluding hydrogens is 336 g/mol. The average Bonchev–Trinajstić information content (AvgIpc) is 2.76. The van der Waals surface area contributed by atoms with Crippen LogP contribution >= 0.6 is 27.3 Å². The molecule has 0 aliphatic heterocycles. The maximum Gasteiger partial charge on any atom is 0.251 e. The molecule has 1 heterocycles. The molecule has 1 amide bonds. The van der Waals surface area contributed by atoms with E-state index in [9.17, 15) is 4.79 Å². The molecule has 0 saturated carbocycles. The fourth-order valence-corrected chi connectivity index (χ4v) is 3.34. The van der Waals surface area contributed by atoms with Gasteiger partial charge >= 0.3 is 0 Å². The SMILES string of the molecule is CCNC(=O)c1ccc(NCc2cc(Br)c(C)s2)cc1. The summed E-state index contributed by atoms with van der Waals surface area (Å²) in [5, 5.41) is 6.14. The second-order valence-corrected chi connectivity index (χ2v) is 6.60. The van der Waals surface area contributed by atoms with Gasteiger partial charge in [-0.05, 0) is 60.1 Å². The van der Waals surface area contributed by atoms with E-state index in [0.717, 1.165) is 16.7 Å². The van der Waals surface area contributed by atoms with Crippen molar-refractivity contribution in [3.8, 4) is 0 Å². The van der Waals surface area contributed by atoms with Gasteiger partial charge in [-0.15, -0.1) is 11.3 Å². The second-order valence-electron chi connectivity index (χ2n) is 4.41. The number of aryl methyl sites for hydroxylation is 1. The predicted molar refractivity (Wildman–Crippen MR) is 88.5 cm³/mol. The summed E-state index contributed by atoms with van der Waals surface area (Å²) in [6.07, 6.45) is 0. The van der Waals surface area contributed by atoms with Crippen molar-refractivity contribution >= 4 is 38.9 Å². The van der Waals surface area contributed by atoms with Crippen molar-refractivity contribution in [3.05, 3.63) is 50.1 Å². The van der Waals surface area contributed by atoms with Gasteiger partial charge in [0.1, 0.15) is 0 Å². The minimum atomic E-state index is -0.0307. The largest absolute Gasteiger partial charge is 0.380 e. The first-order valence-electron chi connectivity index (χ1n) is 6.47. The molecule has 0 fully saturated rings. The van der Waals surface area contributed by atoms with Crippen LogP contribution in [0.2, 0.25) is 0 Å². The van der Waals surface area contributed by atoms with Crippen molar-refractivity contribution in [2.24, 2.45) is 0 Å². The van der Waals surface area contributed by atoms with Crippen LogP contribution in [0.5, 0.6) is 0 Å². The quantitative estimate of drug-likeness (QED) is 0.847. The lowest BCUT2D eigenvalue weighted by atomic mass is 10.2. The van der Waals surface area contributed by atoms with Gasteiger partial charge in [-0.2, -0.15) is 0 Å². The fraction of sp³-hybridized carbons (Fsp3) is 0.267. The van der Waals surface area contributed by atoms with Gasteiger partial charge in [0, 0.05) is 38.6 Å². The molecule has 0 atom stereocenters. The highest BCUT2D eigenvalue weighted by molar-refractivity contribution is 9.10. The first-order valence-corrected chi connectivity index (χ1v) is 8.08. The Morgan fingerprint density at radius 1 is 1.30 bits per heavy atom. The van der Waals surface area contributed by atoms with Crippen LogP contribution in [0.15, 0.2) is 34.8 Å². The molecule has 106 valence electrons. The molecule has 5 heteroatoms. The normalized spacial score (nSPS) is 10.3.